The van der Waals surface area contributed by atoms with Gasteiger partial charge in [0.25, 0.3) is 0 Å². The monoisotopic (exact) mass is 252 g/mol. The van der Waals surface area contributed by atoms with Crippen LogP contribution in [-0.2, 0) is 12.8 Å². The fourth-order valence-corrected chi connectivity index (χ4v) is 3.70. The molecule has 1 N–H and O–H groups in total. The third-order valence-corrected chi connectivity index (χ3v) is 4.65. The van der Waals surface area contributed by atoms with Crippen LogP contribution in [0.5, 0.6) is 0 Å². The summed E-state index contributed by atoms with van der Waals surface area (Å²) in [5.41, 5.74) is 1.40. The topological polar surface area (TPSA) is 24.9 Å². The third kappa shape index (κ3) is 3.29. The third-order valence-electron chi connectivity index (χ3n) is 3.38. The lowest BCUT2D eigenvalue weighted by Gasteiger charge is -2.14. The molecule has 2 rings (SSSR count). The molecule has 3 heteroatoms. The summed E-state index contributed by atoms with van der Waals surface area (Å²) in [7, 11) is 0. The largest absolute Gasteiger partial charge is 0.308 e. The van der Waals surface area contributed by atoms with Gasteiger partial charge in [-0.25, -0.2) is 4.98 Å². The van der Waals surface area contributed by atoms with Crippen molar-refractivity contribution in [2.75, 3.05) is 6.54 Å². The van der Waals surface area contributed by atoms with Crippen LogP contribution in [0, 0.1) is 0 Å². The van der Waals surface area contributed by atoms with Crippen molar-refractivity contribution in [2.45, 2.75) is 64.8 Å². The second kappa shape index (κ2) is 6.50. The Balaban J connectivity index is 2.08. The predicted molar refractivity (Wildman–Crippen MR) is 74.7 cm³/mol. The van der Waals surface area contributed by atoms with E-state index >= 15 is 0 Å². The van der Waals surface area contributed by atoms with Crippen LogP contribution >= 0.6 is 11.3 Å². The zero-order valence-corrected chi connectivity index (χ0v) is 11.9. The van der Waals surface area contributed by atoms with Crippen LogP contribution in [-0.4, -0.2) is 11.5 Å². The summed E-state index contributed by atoms with van der Waals surface area (Å²) < 4.78 is 0. The Hall–Kier alpha value is -0.410. The summed E-state index contributed by atoms with van der Waals surface area (Å²) in [5, 5.41) is 4.98. The molecule has 2 nitrogen and oxygen atoms in total. The number of rotatable bonds is 6. The van der Waals surface area contributed by atoms with Crippen LogP contribution < -0.4 is 5.32 Å². The maximum absolute atomic E-state index is 4.88. The summed E-state index contributed by atoms with van der Waals surface area (Å²) in [6, 6.07) is 0.496. The average molecular weight is 252 g/mol. The van der Waals surface area contributed by atoms with Gasteiger partial charge in [-0.15, -0.1) is 11.3 Å². The minimum absolute atomic E-state index is 0.496. The molecule has 1 aliphatic rings. The van der Waals surface area contributed by atoms with E-state index in [1.165, 1.54) is 55.6 Å². The Labute approximate surface area is 109 Å². The predicted octanol–water partition coefficient (Wildman–Crippen LogP) is 3.86. The van der Waals surface area contributed by atoms with E-state index in [1.807, 2.05) is 11.3 Å². The molecule has 0 bridgehead atoms. The lowest BCUT2D eigenvalue weighted by Crippen LogP contribution is -2.21. The SMILES string of the molecule is CCCNC(CCC)c1nc2c(s1)CCCC2. The van der Waals surface area contributed by atoms with E-state index in [4.69, 9.17) is 4.98 Å². The summed E-state index contributed by atoms with van der Waals surface area (Å²) in [6.45, 7) is 5.59. The van der Waals surface area contributed by atoms with Crippen molar-refractivity contribution in [3.8, 4) is 0 Å². The molecular weight excluding hydrogens is 228 g/mol. The fourth-order valence-electron chi connectivity index (χ4n) is 2.44. The second-order valence-corrected chi connectivity index (χ2v) is 6.04. The highest BCUT2D eigenvalue weighted by Gasteiger charge is 2.19. The number of hydrogen-bond acceptors (Lipinski definition) is 3. The highest BCUT2D eigenvalue weighted by molar-refractivity contribution is 7.11. The highest BCUT2D eigenvalue weighted by Crippen LogP contribution is 2.31. The molecule has 0 amide bonds. The molecule has 1 unspecified atom stereocenters. The number of fused-ring (bicyclic) bond motifs is 1. The molecule has 1 aromatic rings. The molecule has 1 aromatic heterocycles. The van der Waals surface area contributed by atoms with Gasteiger partial charge in [-0.3, -0.25) is 0 Å². The molecule has 0 fully saturated rings. The number of nitrogens with zero attached hydrogens (tertiary/aromatic N) is 1. The molecule has 96 valence electrons. The normalized spacial score (nSPS) is 16.8. The molecule has 0 saturated heterocycles. The van der Waals surface area contributed by atoms with Crippen molar-refractivity contribution in [2.24, 2.45) is 0 Å². The van der Waals surface area contributed by atoms with Crippen molar-refractivity contribution in [3.63, 3.8) is 0 Å². The lowest BCUT2D eigenvalue weighted by molar-refractivity contribution is 0.490. The first-order valence-electron chi connectivity index (χ1n) is 7.07. The minimum Gasteiger partial charge on any atom is -0.308 e. The Morgan fingerprint density at radius 3 is 2.76 bits per heavy atom. The molecule has 0 spiro atoms. The van der Waals surface area contributed by atoms with E-state index < -0.39 is 0 Å². The number of aryl methyl sites for hydroxylation is 2. The van der Waals surface area contributed by atoms with E-state index in [9.17, 15) is 0 Å². The van der Waals surface area contributed by atoms with Crippen LogP contribution in [0.15, 0.2) is 0 Å². The Morgan fingerprint density at radius 2 is 2.06 bits per heavy atom. The highest BCUT2D eigenvalue weighted by atomic mass is 32.1. The molecule has 0 aromatic carbocycles. The standard InChI is InChI=1S/C14H24N2S/c1-3-7-12(15-10-4-2)14-16-11-8-5-6-9-13(11)17-14/h12,15H,3-10H2,1-2H3. The second-order valence-electron chi connectivity index (χ2n) is 4.92. The number of aromatic nitrogens is 1. The van der Waals surface area contributed by atoms with Gasteiger partial charge in [0.05, 0.1) is 11.7 Å². The maximum Gasteiger partial charge on any atom is 0.110 e. The quantitative estimate of drug-likeness (QED) is 0.831. The van der Waals surface area contributed by atoms with Crippen molar-refractivity contribution >= 4 is 11.3 Å². The average Bonchev–Trinajstić information content (AvgIpc) is 2.78. The first-order valence-corrected chi connectivity index (χ1v) is 7.88. The number of hydrogen-bond donors (Lipinski definition) is 1. The molecule has 1 heterocycles. The number of thiazole rings is 1. The molecule has 1 atom stereocenters. The zero-order valence-electron chi connectivity index (χ0n) is 11.1. The van der Waals surface area contributed by atoms with Crippen LogP contribution in [0.25, 0.3) is 0 Å². The van der Waals surface area contributed by atoms with E-state index in [0.717, 1.165) is 6.54 Å². The first-order chi connectivity index (χ1) is 8.35. The number of nitrogens with one attached hydrogen (secondary N) is 1. The van der Waals surface area contributed by atoms with E-state index in [0.29, 0.717) is 6.04 Å². The summed E-state index contributed by atoms with van der Waals surface area (Å²) >= 11 is 1.96. The van der Waals surface area contributed by atoms with Crippen molar-refractivity contribution in [3.05, 3.63) is 15.6 Å². The Kier molecular flexibility index (Phi) is 4.99. The van der Waals surface area contributed by atoms with Crippen molar-refractivity contribution in [1.29, 1.82) is 0 Å². The fraction of sp³-hybridized carbons (Fsp3) is 0.786. The van der Waals surface area contributed by atoms with E-state index in [2.05, 4.69) is 19.2 Å². The summed E-state index contributed by atoms with van der Waals surface area (Å²) in [4.78, 5) is 6.44. The molecule has 1 aliphatic carbocycles. The Bertz CT molecular complexity index is 322. The van der Waals surface area contributed by atoms with Crippen LogP contribution in [0.3, 0.4) is 0 Å². The lowest BCUT2D eigenvalue weighted by atomic mass is 10.0. The van der Waals surface area contributed by atoms with Crippen molar-refractivity contribution in [1.82, 2.24) is 10.3 Å². The smallest absolute Gasteiger partial charge is 0.110 e. The summed E-state index contributed by atoms with van der Waals surface area (Å²) in [5.74, 6) is 0. The molecule has 0 saturated carbocycles. The van der Waals surface area contributed by atoms with Gasteiger partial charge in [-0.05, 0) is 45.1 Å². The van der Waals surface area contributed by atoms with Crippen LogP contribution in [0.1, 0.15) is 67.6 Å². The van der Waals surface area contributed by atoms with Crippen LogP contribution in [0.4, 0.5) is 0 Å². The summed E-state index contributed by atoms with van der Waals surface area (Å²) in [6.07, 6.45) is 8.80. The van der Waals surface area contributed by atoms with Gasteiger partial charge >= 0.3 is 0 Å². The van der Waals surface area contributed by atoms with Gasteiger partial charge < -0.3 is 5.32 Å². The van der Waals surface area contributed by atoms with Crippen LogP contribution in [0.2, 0.25) is 0 Å². The molecule has 0 aliphatic heterocycles. The molecular formula is C14H24N2S. The Morgan fingerprint density at radius 1 is 1.24 bits per heavy atom. The van der Waals surface area contributed by atoms with Gasteiger partial charge in [-0.2, -0.15) is 0 Å². The van der Waals surface area contributed by atoms with Gasteiger partial charge in [0.2, 0.25) is 0 Å². The maximum atomic E-state index is 4.88. The van der Waals surface area contributed by atoms with E-state index in [1.54, 1.807) is 4.88 Å². The van der Waals surface area contributed by atoms with Gasteiger partial charge in [0, 0.05) is 4.88 Å². The van der Waals surface area contributed by atoms with Gasteiger partial charge in [-0.1, -0.05) is 20.3 Å². The van der Waals surface area contributed by atoms with Gasteiger partial charge in [0.1, 0.15) is 5.01 Å². The van der Waals surface area contributed by atoms with Gasteiger partial charge in [0.15, 0.2) is 0 Å². The zero-order chi connectivity index (χ0) is 12.1. The minimum atomic E-state index is 0.496. The molecule has 17 heavy (non-hydrogen) atoms. The van der Waals surface area contributed by atoms with E-state index in [-0.39, 0.29) is 0 Å². The van der Waals surface area contributed by atoms with Crippen molar-refractivity contribution < 1.29 is 0 Å². The molecule has 0 radical (unpaired) electrons. The first kappa shape index (κ1) is 13.0.